The van der Waals surface area contributed by atoms with Crippen LogP contribution in [0, 0.1) is 0 Å². The van der Waals surface area contributed by atoms with Crippen LogP contribution in [0.5, 0.6) is 0 Å². The minimum atomic E-state index is -0.562. The molecule has 0 unspecified atom stereocenters. The maximum absolute atomic E-state index is 6.26. The Morgan fingerprint density at radius 3 is 1.72 bits per heavy atom. The number of para-hydroxylation sites is 3. The highest BCUT2D eigenvalue weighted by atomic mass is 16.3. The SMILES string of the molecule is c1ccc(-n2c3ccccc3c3cc(-c4nc(-c5ccc(-c6cc7ccccc7o6)cc5)nc(-c5cccc6c5-c5ccccc5C6(c5ccccc5)c5ccccc5)n4)ccc32)cc1. The molecule has 0 saturated carbocycles. The molecule has 1 aliphatic carbocycles. The quantitative estimate of drug-likeness (QED) is 0.161. The summed E-state index contributed by atoms with van der Waals surface area (Å²) < 4.78 is 8.59. The Bertz CT molecular complexity index is 3690. The molecule has 304 valence electrons. The van der Waals surface area contributed by atoms with Crippen molar-refractivity contribution in [2.24, 2.45) is 0 Å². The number of aromatic nitrogens is 4. The first kappa shape index (κ1) is 36.9. The predicted molar refractivity (Wildman–Crippen MR) is 263 cm³/mol. The summed E-state index contributed by atoms with van der Waals surface area (Å²) in [5.74, 6) is 2.62. The van der Waals surface area contributed by atoms with Gasteiger partial charge in [-0.3, -0.25) is 0 Å². The molecule has 13 rings (SSSR count). The van der Waals surface area contributed by atoms with Gasteiger partial charge in [0.2, 0.25) is 0 Å². The third-order valence-corrected chi connectivity index (χ3v) is 13.2. The van der Waals surface area contributed by atoms with Gasteiger partial charge in [0, 0.05) is 44.1 Å². The summed E-state index contributed by atoms with van der Waals surface area (Å²) in [6.07, 6.45) is 0. The molecule has 1 aliphatic rings. The van der Waals surface area contributed by atoms with E-state index in [2.05, 4.69) is 217 Å². The van der Waals surface area contributed by atoms with Crippen molar-refractivity contribution in [2.75, 3.05) is 0 Å². The lowest BCUT2D eigenvalue weighted by Gasteiger charge is -2.33. The third kappa shape index (κ3) is 5.76. The van der Waals surface area contributed by atoms with Crippen LogP contribution >= 0.6 is 0 Å². The van der Waals surface area contributed by atoms with Gasteiger partial charge in [0.1, 0.15) is 11.3 Å². The van der Waals surface area contributed by atoms with Crippen molar-refractivity contribution >= 4 is 32.8 Å². The van der Waals surface area contributed by atoms with Crippen molar-refractivity contribution < 1.29 is 4.42 Å². The van der Waals surface area contributed by atoms with Gasteiger partial charge < -0.3 is 8.98 Å². The van der Waals surface area contributed by atoms with Gasteiger partial charge in [-0.05, 0) is 81.9 Å². The standard InChI is InChI=1S/C60H38N4O/c1-4-18-43(19-5-1)60(44-20-6-2-7-21-44)50-27-13-11-25-47(50)56-48(26-16-28-51(56)60)59-62-57(40-33-31-39(32-34-40)55-38-41-17-10-15-30-54(41)65-55)61-58(63-59)42-35-36-53-49(37-42)46-24-12-14-29-52(46)64(53)45-22-8-3-9-23-45/h1-38H. The van der Waals surface area contributed by atoms with Gasteiger partial charge >= 0.3 is 0 Å². The van der Waals surface area contributed by atoms with E-state index < -0.39 is 5.41 Å². The summed E-state index contributed by atoms with van der Waals surface area (Å²) in [4.78, 5) is 16.1. The maximum Gasteiger partial charge on any atom is 0.164 e. The lowest BCUT2D eigenvalue weighted by atomic mass is 9.67. The largest absolute Gasteiger partial charge is 0.456 e. The van der Waals surface area contributed by atoms with Crippen LogP contribution in [-0.2, 0) is 5.41 Å². The third-order valence-electron chi connectivity index (χ3n) is 13.2. The number of hydrogen-bond donors (Lipinski definition) is 0. The molecule has 0 fully saturated rings. The number of nitrogens with zero attached hydrogens (tertiary/aromatic N) is 4. The first-order valence-electron chi connectivity index (χ1n) is 22.0. The van der Waals surface area contributed by atoms with E-state index in [0.29, 0.717) is 17.5 Å². The van der Waals surface area contributed by atoms with Crippen molar-refractivity contribution in [3.63, 3.8) is 0 Å². The molecule has 5 nitrogen and oxygen atoms in total. The molecule has 0 N–H and O–H groups in total. The molecule has 0 saturated heterocycles. The molecule has 0 bridgehead atoms. The zero-order valence-electron chi connectivity index (χ0n) is 35.1. The zero-order chi connectivity index (χ0) is 42.9. The molecule has 9 aromatic carbocycles. The average molecular weight is 831 g/mol. The van der Waals surface area contributed by atoms with E-state index in [4.69, 9.17) is 19.4 Å². The molecular weight excluding hydrogens is 793 g/mol. The second kappa shape index (κ2) is 14.7. The first-order chi connectivity index (χ1) is 32.2. The van der Waals surface area contributed by atoms with Crippen LogP contribution in [0.2, 0.25) is 0 Å². The Balaban J connectivity index is 1.04. The molecule has 3 aromatic heterocycles. The normalized spacial score (nSPS) is 12.7. The summed E-state index contributed by atoms with van der Waals surface area (Å²) >= 11 is 0. The molecule has 0 aliphatic heterocycles. The van der Waals surface area contributed by atoms with Gasteiger partial charge in [0.15, 0.2) is 17.5 Å². The summed E-state index contributed by atoms with van der Waals surface area (Å²) in [6.45, 7) is 0. The van der Waals surface area contributed by atoms with E-state index in [0.717, 1.165) is 66.7 Å². The Morgan fingerprint density at radius 2 is 0.954 bits per heavy atom. The highest BCUT2D eigenvalue weighted by Gasteiger charge is 2.47. The van der Waals surface area contributed by atoms with Crippen LogP contribution in [0.4, 0.5) is 0 Å². The van der Waals surface area contributed by atoms with Crippen LogP contribution in [0.15, 0.2) is 235 Å². The Kier molecular flexibility index (Phi) is 8.36. The van der Waals surface area contributed by atoms with Crippen molar-refractivity contribution in [1.82, 2.24) is 19.5 Å². The Hall–Kier alpha value is -8.67. The molecule has 5 heteroatoms. The minimum absolute atomic E-state index is 0.562. The molecule has 0 radical (unpaired) electrons. The average Bonchev–Trinajstić information content (AvgIpc) is 4.06. The van der Waals surface area contributed by atoms with Gasteiger partial charge in [-0.25, -0.2) is 15.0 Å². The molecule has 12 aromatic rings. The van der Waals surface area contributed by atoms with Crippen LogP contribution in [-0.4, -0.2) is 19.5 Å². The molecule has 0 atom stereocenters. The lowest BCUT2D eigenvalue weighted by molar-refractivity contribution is 0.631. The van der Waals surface area contributed by atoms with E-state index in [-0.39, 0.29) is 0 Å². The highest BCUT2D eigenvalue weighted by molar-refractivity contribution is 6.10. The summed E-state index contributed by atoms with van der Waals surface area (Å²) in [7, 11) is 0. The predicted octanol–water partition coefficient (Wildman–Crippen LogP) is 14.7. The Labute approximate surface area is 375 Å². The summed E-state index contributed by atoms with van der Waals surface area (Å²) in [5, 5.41) is 3.37. The first-order valence-corrected chi connectivity index (χ1v) is 22.0. The molecule has 65 heavy (non-hydrogen) atoms. The fourth-order valence-corrected chi connectivity index (χ4v) is 10.3. The second-order valence-corrected chi connectivity index (χ2v) is 16.7. The zero-order valence-corrected chi connectivity index (χ0v) is 35.1. The molecular formula is C60H38N4O. The molecule has 0 amide bonds. The van der Waals surface area contributed by atoms with Crippen molar-refractivity contribution in [3.05, 3.63) is 253 Å². The number of rotatable bonds is 7. The highest BCUT2D eigenvalue weighted by Crippen LogP contribution is 2.58. The monoisotopic (exact) mass is 830 g/mol. The summed E-state index contributed by atoms with van der Waals surface area (Å²) in [6, 6.07) is 81.5. The van der Waals surface area contributed by atoms with Crippen LogP contribution in [0.1, 0.15) is 22.3 Å². The van der Waals surface area contributed by atoms with Crippen molar-refractivity contribution in [1.29, 1.82) is 0 Å². The van der Waals surface area contributed by atoms with Gasteiger partial charge in [0.05, 0.1) is 16.4 Å². The molecule has 0 spiro atoms. The van der Waals surface area contributed by atoms with Gasteiger partial charge in [0.25, 0.3) is 0 Å². The lowest BCUT2D eigenvalue weighted by Crippen LogP contribution is -2.28. The van der Waals surface area contributed by atoms with Crippen molar-refractivity contribution in [3.8, 4) is 62.3 Å². The van der Waals surface area contributed by atoms with E-state index in [1.807, 2.05) is 18.2 Å². The topological polar surface area (TPSA) is 56.7 Å². The van der Waals surface area contributed by atoms with Crippen LogP contribution in [0.25, 0.3) is 95.1 Å². The second-order valence-electron chi connectivity index (χ2n) is 16.7. The number of furan rings is 1. The number of benzene rings is 9. The Morgan fingerprint density at radius 1 is 0.385 bits per heavy atom. The van der Waals surface area contributed by atoms with Gasteiger partial charge in [-0.1, -0.05) is 182 Å². The van der Waals surface area contributed by atoms with Crippen LogP contribution in [0.3, 0.4) is 0 Å². The number of hydrogen-bond acceptors (Lipinski definition) is 4. The fourth-order valence-electron chi connectivity index (χ4n) is 10.3. The van der Waals surface area contributed by atoms with E-state index in [1.54, 1.807) is 0 Å². The van der Waals surface area contributed by atoms with Gasteiger partial charge in [-0.15, -0.1) is 0 Å². The summed E-state index contributed by atoms with van der Waals surface area (Å²) in [5.41, 5.74) is 14.5. The van der Waals surface area contributed by atoms with E-state index in [1.165, 1.54) is 33.2 Å². The maximum atomic E-state index is 6.26. The van der Waals surface area contributed by atoms with Crippen molar-refractivity contribution in [2.45, 2.75) is 5.41 Å². The fraction of sp³-hybridized carbons (Fsp3) is 0.0167. The van der Waals surface area contributed by atoms with Crippen LogP contribution < -0.4 is 0 Å². The molecule has 3 heterocycles. The van der Waals surface area contributed by atoms with E-state index >= 15 is 0 Å². The minimum Gasteiger partial charge on any atom is -0.456 e. The van der Waals surface area contributed by atoms with E-state index in [9.17, 15) is 0 Å². The van der Waals surface area contributed by atoms with Gasteiger partial charge in [-0.2, -0.15) is 0 Å². The smallest absolute Gasteiger partial charge is 0.164 e. The number of fused-ring (bicyclic) bond motifs is 7.